The third-order valence-electron chi connectivity index (χ3n) is 5.80. The van der Waals surface area contributed by atoms with E-state index in [1.807, 2.05) is 18.2 Å². The molecule has 4 aromatic rings. The maximum absolute atomic E-state index is 13.4. The molecule has 10 heteroatoms. The summed E-state index contributed by atoms with van der Waals surface area (Å²) < 4.78 is 57.3. The van der Waals surface area contributed by atoms with E-state index in [2.05, 4.69) is 19.9 Å². The second-order valence-corrected chi connectivity index (χ2v) is 8.21. The van der Waals surface area contributed by atoms with Gasteiger partial charge in [-0.05, 0) is 36.4 Å². The highest BCUT2D eigenvalue weighted by atomic mass is 19.4. The topological polar surface area (TPSA) is 69.6 Å². The van der Waals surface area contributed by atoms with Crippen LogP contribution in [-0.4, -0.2) is 59.3 Å². The minimum absolute atomic E-state index is 0.0950. The Hall–Kier alpha value is -3.76. The fraction of sp³-hybridized carbons (Fsp3) is 0.269. The molecule has 0 saturated carbocycles. The standard InChI is InChI=1S/C26H23F3N4O3/c27-26(28,29)19-4-6-21(24(14-19)35-13-10-33-8-11-34-12-9-33)23-16-25(32-17-31-23)36-20-5-3-18-2-1-7-30-22(18)15-20/h1-7,14-17H,8-13H2. The Labute approximate surface area is 205 Å². The van der Waals surface area contributed by atoms with Gasteiger partial charge in [0.1, 0.15) is 24.4 Å². The summed E-state index contributed by atoms with van der Waals surface area (Å²) in [5.41, 5.74) is 0.774. The Balaban J connectivity index is 1.39. The Morgan fingerprint density at radius 3 is 2.64 bits per heavy atom. The number of nitrogens with zero attached hydrogens (tertiary/aromatic N) is 4. The molecule has 0 radical (unpaired) electrons. The van der Waals surface area contributed by atoms with Crippen molar-refractivity contribution >= 4 is 10.9 Å². The van der Waals surface area contributed by atoms with E-state index in [9.17, 15) is 13.2 Å². The number of hydrogen-bond acceptors (Lipinski definition) is 7. The van der Waals surface area contributed by atoms with Crippen LogP contribution < -0.4 is 9.47 Å². The highest BCUT2D eigenvalue weighted by Gasteiger charge is 2.31. The largest absolute Gasteiger partial charge is 0.492 e. The van der Waals surface area contributed by atoms with Crippen molar-refractivity contribution < 1.29 is 27.4 Å². The number of aromatic nitrogens is 3. The van der Waals surface area contributed by atoms with Crippen LogP contribution in [0.1, 0.15) is 5.56 Å². The zero-order valence-electron chi connectivity index (χ0n) is 19.2. The van der Waals surface area contributed by atoms with Gasteiger partial charge in [-0.2, -0.15) is 13.2 Å². The molecule has 0 atom stereocenters. The molecule has 5 rings (SSSR count). The molecular weight excluding hydrogens is 473 g/mol. The first-order valence-electron chi connectivity index (χ1n) is 11.4. The summed E-state index contributed by atoms with van der Waals surface area (Å²) in [6.45, 7) is 3.59. The van der Waals surface area contributed by atoms with E-state index in [1.54, 1.807) is 24.4 Å². The molecule has 2 aromatic heterocycles. The van der Waals surface area contributed by atoms with Gasteiger partial charge < -0.3 is 14.2 Å². The molecule has 1 aliphatic rings. The Bertz CT molecular complexity index is 1340. The summed E-state index contributed by atoms with van der Waals surface area (Å²) in [6.07, 6.45) is -1.50. The van der Waals surface area contributed by atoms with Crippen molar-refractivity contribution in [2.24, 2.45) is 0 Å². The van der Waals surface area contributed by atoms with Gasteiger partial charge in [0.15, 0.2) is 0 Å². The van der Waals surface area contributed by atoms with Gasteiger partial charge in [0.25, 0.3) is 0 Å². The van der Waals surface area contributed by atoms with Gasteiger partial charge in [-0.3, -0.25) is 9.88 Å². The first-order chi connectivity index (χ1) is 17.5. The molecule has 1 saturated heterocycles. The molecule has 0 N–H and O–H groups in total. The van der Waals surface area contributed by atoms with Crippen molar-refractivity contribution in [3.63, 3.8) is 0 Å². The highest BCUT2D eigenvalue weighted by Crippen LogP contribution is 2.37. The van der Waals surface area contributed by atoms with Gasteiger partial charge in [-0.1, -0.05) is 6.07 Å². The van der Waals surface area contributed by atoms with Crippen LogP contribution in [0.5, 0.6) is 17.4 Å². The van der Waals surface area contributed by atoms with E-state index in [1.165, 1.54) is 12.4 Å². The lowest BCUT2D eigenvalue weighted by Crippen LogP contribution is -2.38. The van der Waals surface area contributed by atoms with Gasteiger partial charge in [0.2, 0.25) is 5.88 Å². The fourth-order valence-corrected chi connectivity index (χ4v) is 3.91. The molecule has 0 unspecified atom stereocenters. The third-order valence-corrected chi connectivity index (χ3v) is 5.80. The predicted octanol–water partition coefficient (Wildman–Crippen LogP) is 5.21. The van der Waals surface area contributed by atoms with Crippen LogP contribution in [0.25, 0.3) is 22.2 Å². The lowest BCUT2D eigenvalue weighted by molar-refractivity contribution is -0.137. The van der Waals surface area contributed by atoms with Crippen LogP contribution in [0.2, 0.25) is 0 Å². The molecule has 36 heavy (non-hydrogen) atoms. The summed E-state index contributed by atoms with van der Waals surface area (Å²) >= 11 is 0. The molecule has 1 aliphatic heterocycles. The highest BCUT2D eigenvalue weighted by molar-refractivity contribution is 5.79. The van der Waals surface area contributed by atoms with Gasteiger partial charge in [0, 0.05) is 48.9 Å². The predicted molar refractivity (Wildman–Crippen MR) is 127 cm³/mol. The Kier molecular flexibility index (Phi) is 6.97. The summed E-state index contributed by atoms with van der Waals surface area (Å²) in [4.78, 5) is 14.9. The fourth-order valence-electron chi connectivity index (χ4n) is 3.91. The summed E-state index contributed by atoms with van der Waals surface area (Å²) in [5.74, 6) is 0.868. The quantitative estimate of drug-likeness (QED) is 0.348. The third kappa shape index (κ3) is 5.72. The normalized spacial score (nSPS) is 14.6. The first-order valence-corrected chi connectivity index (χ1v) is 11.4. The van der Waals surface area contributed by atoms with Crippen LogP contribution in [0.3, 0.4) is 0 Å². The van der Waals surface area contributed by atoms with Gasteiger partial charge in [0.05, 0.1) is 30.0 Å². The molecule has 0 spiro atoms. The molecule has 186 valence electrons. The van der Waals surface area contributed by atoms with Crippen molar-refractivity contribution in [3.8, 4) is 28.6 Å². The van der Waals surface area contributed by atoms with Crippen molar-refractivity contribution in [2.75, 3.05) is 39.5 Å². The minimum atomic E-state index is -4.50. The number of hydrogen-bond donors (Lipinski definition) is 0. The zero-order chi connectivity index (χ0) is 25.0. The maximum atomic E-state index is 13.4. The number of rotatable bonds is 7. The number of benzene rings is 2. The second-order valence-electron chi connectivity index (χ2n) is 8.21. The monoisotopic (exact) mass is 496 g/mol. The lowest BCUT2D eigenvalue weighted by atomic mass is 10.1. The number of fused-ring (bicyclic) bond motifs is 1. The number of ether oxygens (including phenoxy) is 3. The van der Waals surface area contributed by atoms with Crippen molar-refractivity contribution in [1.82, 2.24) is 19.9 Å². The minimum Gasteiger partial charge on any atom is -0.492 e. The van der Waals surface area contributed by atoms with Crippen LogP contribution >= 0.6 is 0 Å². The molecular formula is C26H23F3N4O3. The van der Waals surface area contributed by atoms with Gasteiger partial charge >= 0.3 is 6.18 Å². The van der Waals surface area contributed by atoms with E-state index in [0.29, 0.717) is 36.8 Å². The maximum Gasteiger partial charge on any atom is 0.416 e. The van der Waals surface area contributed by atoms with Crippen molar-refractivity contribution in [3.05, 3.63) is 72.7 Å². The van der Waals surface area contributed by atoms with Gasteiger partial charge in [-0.25, -0.2) is 9.97 Å². The zero-order valence-corrected chi connectivity index (χ0v) is 19.2. The number of morpholine rings is 1. The van der Waals surface area contributed by atoms with Gasteiger partial charge in [-0.15, -0.1) is 0 Å². The number of pyridine rings is 1. The molecule has 3 heterocycles. The van der Waals surface area contributed by atoms with Crippen LogP contribution in [-0.2, 0) is 10.9 Å². The first kappa shape index (κ1) is 24.0. The molecule has 7 nitrogen and oxygen atoms in total. The van der Waals surface area contributed by atoms with E-state index in [-0.39, 0.29) is 18.2 Å². The molecule has 0 bridgehead atoms. The molecule has 2 aromatic carbocycles. The second kappa shape index (κ2) is 10.5. The Morgan fingerprint density at radius 1 is 0.944 bits per heavy atom. The summed E-state index contributed by atoms with van der Waals surface area (Å²) in [6, 6.07) is 14.2. The smallest absolute Gasteiger partial charge is 0.416 e. The Morgan fingerprint density at radius 2 is 1.81 bits per heavy atom. The lowest BCUT2D eigenvalue weighted by Gasteiger charge is -2.26. The van der Waals surface area contributed by atoms with Crippen LogP contribution in [0.4, 0.5) is 13.2 Å². The number of alkyl halides is 3. The molecule has 0 aliphatic carbocycles. The van der Waals surface area contributed by atoms with Crippen LogP contribution in [0, 0.1) is 0 Å². The van der Waals surface area contributed by atoms with Crippen molar-refractivity contribution in [1.29, 1.82) is 0 Å². The molecule has 0 amide bonds. The molecule has 1 fully saturated rings. The van der Waals surface area contributed by atoms with Crippen LogP contribution in [0.15, 0.2) is 67.1 Å². The summed E-state index contributed by atoms with van der Waals surface area (Å²) in [7, 11) is 0. The summed E-state index contributed by atoms with van der Waals surface area (Å²) in [5, 5.41) is 0.969. The van der Waals surface area contributed by atoms with E-state index < -0.39 is 11.7 Å². The number of halogens is 3. The van der Waals surface area contributed by atoms with E-state index in [0.717, 1.165) is 36.1 Å². The van der Waals surface area contributed by atoms with E-state index >= 15 is 0 Å². The average Bonchev–Trinajstić information content (AvgIpc) is 2.89. The van der Waals surface area contributed by atoms with Crippen molar-refractivity contribution in [2.45, 2.75) is 6.18 Å². The SMILES string of the molecule is FC(F)(F)c1ccc(-c2cc(Oc3ccc4cccnc4c3)ncn2)c(OCCN2CCOCC2)c1. The average molecular weight is 496 g/mol. The van der Waals surface area contributed by atoms with E-state index in [4.69, 9.17) is 14.2 Å².